The molecule has 1 heterocycles. The monoisotopic (exact) mass is 377 g/mol. The smallest absolute Gasteiger partial charge is 0.320 e. The molecule has 140 valence electrons. The van der Waals surface area contributed by atoms with E-state index < -0.39 is 17.6 Å². The van der Waals surface area contributed by atoms with E-state index in [1.807, 2.05) is 0 Å². The van der Waals surface area contributed by atoms with Crippen LogP contribution in [-0.4, -0.2) is 15.7 Å². The normalized spacial score (nSPS) is 11.5. The zero-order valence-corrected chi connectivity index (χ0v) is 14.4. The van der Waals surface area contributed by atoms with Gasteiger partial charge >= 0.3 is 6.18 Å². The van der Waals surface area contributed by atoms with E-state index in [0.29, 0.717) is 16.8 Å². The van der Waals surface area contributed by atoms with Gasteiger partial charge in [0.2, 0.25) is 0 Å². The molecule has 0 unspecified atom stereocenters. The zero-order chi connectivity index (χ0) is 19.8. The van der Waals surface area contributed by atoms with Crippen molar-refractivity contribution in [1.29, 1.82) is 0 Å². The summed E-state index contributed by atoms with van der Waals surface area (Å²) in [5.41, 5.74) is 0.264. The Balaban J connectivity index is 1.90. The van der Waals surface area contributed by atoms with Gasteiger partial charge in [-0.3, -0.25) is 9.48 Å². The molecule has 0 radical (unpaired) electrons. The fraction of sp³-hybridized carbons (Fsp3) is 0.158. The van der Waals surface area contributed by atoms with Crippen LogP contribution in [0.1, 0.15) is 21.6 Å². The number of para-hydroxylation sites is 1. The molecule has 2 aromatic carbocycles. The first kappa shape index (κ1) is 18.6. The molecule has 0 aliphatic rings. The van der Waals surface area contributed by atoms with E-state index in [4.69, 9.17) is 0 Å². The van der Waals surface area contributed by atoms with Crippen LogP contribution >= 0.6 is 0 Å². The molecule has 3 aromatic rings. The molecule has 1 amide bonds. The van der Waals surface area contributed by atoms with Crippen LogP contribution in [0, 0.1) is 12.7 Å². The van der Waals surface area contributed by atoms with Crippen molar-refractivity contribution in [2.75, 3.05) is 5.32 Å². The Morgan fingerprint density at radius 1 is 1.11 bits per heavy atom. The van der Waals surface area contributed by atoms with Gasteiger partial charge in [0.15, 0.2) is 5.69 Å². The highest BCUT2D eigenvalue weighted by atomic mass is 19.4. The second-order valence-electron chi connectivity index (χ2n) is 6.00. The number of alkyl halides is 3. The molecule has 0 spiro atoms. The molecular formula is C19H15F4N3O. The van der Waals surface area contributed by atoms with E-state index in [1.54, 1.807) is 26.1 Å². The van der Waals surface area contributed by atoms with Gasteiger partial charge in [-0.1, -0.05) is 12.1 Å². The summed E-state index contributed by atoms with van der Waals surface area (Å²) in [6, 6.07) is 10.6. The first-order chi connectivity index (χ1) is 12.7. The van der Waals surface area contributed by atoms with Gasteiger partial charge in [0.1, 0.15) is 5.82 Å². The van der Waals surface area contributed by atoms with Crippen molar-refractivity contribution >= 4 is 11.6 Å². The molecule has 0 bridgehead atoms. The first-order valence-corrected chi connectivity index (χ1v) is 7.95. The molecule has 0 fully saturated rings. The minimum Gasteiger partial charge on any atom is -0.320 e. The summed E-state index contributed by atoms with van der Waals surface area (Å²) in [5.74, 6) is -1.13. The summed E-state index contributed by atoms with van der Waals surface area (Å²) in [5, 5.41) is 6.31. The molecule has 0 atom stereocenters. The summed E-state index contributed by atoms with van der Waals surface area (Å²) < 4.78 is 54.0. The molecule has 8 heteroatoms. The number of rotatable bonds is 3. The highest BCUT2D eigenvalue weighted by Gasteiger charge is 2.33. The second-order valence-corrected chi connectivity index (χ2v) is 6.00. The maximum atomic E-state index is 13.4. The van der Waals surface area contributed by atoms with Crippen LogP contribution in [0.15, 0.2) is 48.5 Å². The van der Waals surface area contributed by atoms with Crippen LogP contribution in [0.4, 0.5) is 23.2 Å². The van der Waals surface area contributed by atoms with Crippen LogP contribution in [-0.2, 0) is 13.2 Å². The zero-order valence-electron chi connectivity index (χ0n) is 14.4. The summed E-state index contributed by atoms with van der Waals surface area (Å²) in [6.07, 6.45) is -4.59. The largest absolute Gasteiger partial charge is 0.418 e. The van der Waals surface area contributed by atoms with E-state index in [9.17, 15) is 22.4 Å². The summed E-state index contributed by atoms with van der Waals surface area (Å²) in [4.78, 5) is 12.4. The number of hydrogen-bond donors (Lipinski definition) is 1. The Kier molecular flexibility index (Phi) is 4.73. The van der Waals surface area contributed by atoms with Crippen LogP contribution in [0.3, 0.4) is 0 Å². The fourth-order valence-electron chi connectivity index (χ4n) is 2.68. The number of nitrogens with one attached hydrogen (secondary N) is 1. The molecule has 3 rings (SSSR count). The Bertz CT molecular complexity index is 1010. The van der Waals surface area contributed by atoms with Gasteiger partial charge in [-0.05, 0) is 48.9 Å². The van der Waals surface area contributed by atoms with Crippen molar-refractivity contribution < 1.29 is 22.4 Å². The highest BCUT2D eigenvalue weighted by molar-refractivity contribution is 6.04. The first-order valence-electron chi connectivity index (χ1n) is 7.95. The van der Waals surface area contributed by atoms with Crippen LogP contribution < -0.4 is 5.32 Å². The predicted octanol–water partition coefficient (Wildman–Crippen LogP) is 4.81. The number of halogens is 4. The predicted molar refractivity (Wildman–Crippen MR) is 92.7 cm³/mol. The standard InChI is InChI=1S/C19H15F4N3O/c1-11-9-12(7-8-14(11)20)17-10-16(25-26(17)2)18(27)24-15-6-4-3-5-13(15)19(21,22)23/h3-10H,1-2H3,(H,24,27). The molecule has 1 aromatic heterocycles. The summed E-state index contributed by atoms with van der Waals surface area (Å²) in [7, 11) is 1.59. The lowest BCUT2D eigenvalue weighted by Crippen LogP contribution is -2.17. The van der Waals surface area contributed by atoms with Gasteiger partial charge in [-0.2, -0.15) is 18.3 Å². The van der Waals surface area contributed by atoms with Gasteiger partial charge in [0, 0.05) is 12.6 Å². The van der Waals surface area contributed by atoms with Crippen molar-refractivity contribution in [3.63, 3.8) is 0 Å². The molecule has 0 saturated heterocycles. The van der Waals surface area contributed by atoms with Crippen molar-refractivity contribution in [2.45, 2.75) is 13.1 Å². The Labute approximate surface area is 152 Å². The van der Waals surface area contributed by atoms with E-state index in [0.717, 1.165) is 6.07 Å². The van der Waals surface area contributed by atoms with Crippen molar-refractivity contribution in [3.8, 4) is 11.3 Å². The van der Waals surface area contributed by atoms with E-state index in [2.05, 4.69) is 10.4 Å². The Morgan fingerprint density at radius 3 is 2.48 bits per heavy atom. The van der Waals surface area contributed by atoms with Crippen molar-refractivity contribution in [2.24, 2.45) is 7.05 Å². The van der Waals surface area contributed by atoms with Gasteiger partial charge in [-0.25, -0.2) is 4.39 Å². The summed E-state index contributed by atoms with van der Waals surface area (Å²) in [6.45, 7) is 1.61. The quantitative estimate of drug-likeness (QED) is 0.666. The van der Waals surface area contributed by atoms with Gasteiger partial charge < -0.3 is 5.32 Å². The van der Waals surface area contributed by atoms with Crippen molar-refractivity contribution in [1.82, 2.24) is 9.78 Å². The number of hydrogen-bond acceptors (Lipinski definition) is 2. The minimum atomic E-state index is -4.59. The number of carbonyl (C=O) groups excluding carboxylic acids is 1. The van der Waals surface area contributed by atoms with Gasteiger partial charge in [0.25, 0.3) is 5.91 Å². The lowest BCUT2D eigenvalue weighted by molar-refractivity contribution is -0.136. The summed E-state index contributed by atoms with van der Waals surface area (Å²) >= 11 is 0. The average molecular weight is 377 g/mol. The molecule has 1 N–H and O–H groups in total. The Morgan fingerprint density at radius 2 is 1.81 bits per heavy atom. The number of benzene rings is 2. The Hall–Kier alpha value is -3.16. The molecule has 27 heavy (non-hydrogen) atoms. The topological polar surface area (TPSA) is 46.9 Å². The SMILES string of the molecule is Cc1cc(-c2cc(C(=O)Nc3ccccc3C(F)(F)F)nn2C)ccc1F. The highest BCUT2D eigenvalue weighted by Crippen LogP contribution is 2.34. The average Bonchev–Trinajstić information content (AvgIpc) is 2.99. The van der Waals surface area contributed by atoms with E-state index >= 15 is 0 Å². The van der Waals surface area contributed by atoms with Gasteiger partial charge in [0.05, 0.1) is 16.9 Å². The maximum Gasteiger partial charge on any atom is 0.418 e. The lowest BCUT2D eigenvalue weighted by Gasteiger charge is -2.12. The third-order valence-electron chi connectivity index (χ3n) is 4.05. The van der Waals surface area contributed by atoms with Gasteiger partial charge in [-0.15, -0.1) is 0 Å². The molecule has 0 saturated carbocycles. The number of nitrogens with zero attached hydrogens (tertiary/aromatic N) is 2. The number of carbonyl (C=O) groups is 1. The van der Waals surface area contributed by atoms with Crippen LogP contribution in [0.25, 0.3) is 11.3 Å². The third kappa shape index (κ3) is 3.84. The molecule has 0 aliphatic heterocycles. The number of aromatic nitrogens is 2. The number of amides is 1. The lowest BCUT2D eigenvalue weighted by atomic mass is 10.1. The van der Waals surface area contributed by atoms with Crippen LogP contribution in [0.5, 0.6) is 0 Å². The third-order valence-corrected chi connectivity index (χ3v) is 4.05. The number of aryl methyl sites for hydroxylation is 2. The number of anilines is 1. The van der Waals surface area contributed by atoms with E-state index in [1.165, 1.54) is 35.0 Å². The van der Waals surface area contributed by atoms with E-state index in [-0.39, 0.29) is 17.2 Å². The molecule has 0 aliphatic carbocycles. The maximum absolute atomic E-state index is 13.4. The second kappa shape index (κ2) is 6.86. The van der Waals surface area contributed by atoms with Crippen molar-refractivity contribution in [3.05, 3.63) is 71.2 Å². The van der Waals surface area contributed by atoms with Crippen LogP contribution in [0.2, 0.25) is 0 Å². The minimum absolute atomic E-state index is 0.0496. The molecular weight excluding hydrogens is 362 g/mol. The fourth-order valence-corrected chi connectivity index (χ4v) is 2.68. The molecule has 4 nitrogen and oxygen atoms in total.